The molecule has 21 heavy (non-hydrogen) atoms. The third-order valence-electron chi connectivity index (χ3n) is 3.62. The van der Waals surface area contributed by atoms with Crippen molar-refractivity contribution in [3.8, 4) is 5.75 Å². The topological polar surface area (TPSA) is 13.1 Å². The van der Waals surface area contributed by atoms with Crippen molar-refractivity contribution in [1.82, 2.24) is 0 Å². The van der Waals surface area contributed by atoms with Gasteiger partial charge in [-0.1, -0.05) is 54.6 Å². The highest BCUT2D eigenvalue weighted by molar-refractivity contribution is 6.10. The van der Waals surface area contributed by atoms with Gasteiger partial charge in [0.05, 0.1) is 0 Å². The van der Waals surface area contributed by atoms with E-state index in [2.05, 4.69) is 48.5 Å². The third kappa shape index (κ3) is 2.11. The number of fused-ring (bicyclic) bond motifs is 3. The SMILES string of the molecule is c1cc[n+](Oc2cc3ccccc3c3ccccc23)cc1. The van der Waals surface area contributed by atoms with Crippen LogP contribution in [-0.2, 0) is 0 Å². The van der Waals surface area contributed by atoms with E-state index in [1.807, 2.05) is 36.7 Å². The van der Waals surface area contributed by atoms with E-state index in [0.717, 1.165) is 11.1 Å². The monoisotopic (exact) mass is 272 g/mol. The molecule has 0 unspecified atom stereocenters. The Kier molecular flexibility index (Phi) is 2.79. The number of hydrogen-bond donors (Lipinski definition) is 0. The molecule has 100 valence electrons. The van der Waals surface area contributed by atoms with Crippen LogP contribution in [0.5, 0.6) is 5.75 Å². The number of rotatable bonds is 2. The van der Waals surface area contributed by atoms with Gasteiger partial charge >= 0.3 is 0 Å². The highest BCUT2D eigenvalue weighted by Gasteiger charge is 2.11. The first-order valence-electron chi connectivity index (χ1n) is 6.97. The molecule has 0 aliphatic heterocycles. The van der Waals surface area contributed by atoms with Crippen LogP contribution in [0.3, 0.4) is 0 Å². The van der Waals surface area contributed by atoms with Gasteiger partial charge in [-0.25, -0.2) is 4.84 Å². The van der Waals surface area contributed by atoms with Crippen LogP contribution in [0.15, 0.2) is 85.2 Å². The van der Waals surface area contributed by atoms with E-state index in [1.54, 1.807) is 4.73 Å². The molecule has 0 atom stereocenters. The highest BCUT2D eigenvalue weighted by Crippen LogP contribution is 2.32. The molecule has 0 N–H and O–H groups in total. The van der Waals surface area contributed by atoms with Gasteiger partial charge in [0, 0.05) is 22.2 Å². The minimum absolute atomic E-state index is 0.862. The molecule has 0 spiro atoms. The quantitative estimate of drug-likeness (QED) is 0.395. The first-order chi connectivity index (χ1) is 10.4. The minimum Gasteiger partial charge on any atom is -0.231 e. The lowest BCUT2D eigenvalue weighted by atomic mass is 10.0. The molecule has 0 saturated heterocycles. The summed E-state index contributed by atoms with van der Waals surface area (Å²) in [5.74, 6) is 0.862. The number of benzene rings is 3. The van der Waals surface area contributed by atoms with Crippen molar-refractivity contribution in [3.63, 3.8) is 0 Å². The fourth-order valence-electron chi connectivity index (χ4n) is 2.65. The molecule has 0 bridgehead atoms. The van der Waals surface area contributed by atoms with Crippen LogP contribution in [0, 0.1) is 0 Å². The van der Waals surface area contributed by atoms with Crippen LogP contribution in [0.2, 0.25) is 0 Å². The maximum absolute atomic E-state index is 6.02. The highest BCUT2D eigenvalue weighted by atomic mass is 16.7. The van der Waals surface area contributed by atoms with Crippen LogP contribution in [-0.4, -0.2) is 0 Å². The Morgan fingerprint density at radius 3 is 2.10 bits per heavy atom. The van der Waals surface area contributed by atoms with Crippen LogP contribution in [0.25, 0.3) is 21.5 Å². The minimum atomic E-state index is 0.862. The van der Waals surface area contributed by atoms with Gasteiger partial charge in [0.1, 0.15) is 0 Å². The normalized spacial score (nSPS) is 10.9. The largest absolute Gasteiger partial charge is 0.231 e. The summed E-state index contributed by atoms with van der Waals surface area (Å²) in [6.07, 6.45) is 3.79. The van der Waals surface area contributed by atoms with Crippen molar-refractivity contribution >= 4 is 21.5 Å². The van der Waals surface area contributed by atoms with E-state index in [0.29, 0.717) is 0 Å². The molecular weight excluding hydrogens is 258 g/mol. The van der Waals surface area contributed by atoms with Crippen molar-refractivity contribution in [2.45, 2.75) is 0 Å². The molecule has 0 fully saturated rings. The molecule has 0 aliphatic rings. The summed E-state index contributed by atoms with van der Waals surface area (Å²) in [5, 5.41) is 4.76. The Hall–Kier alpha value is -2.87. The maximum atomic E-state index is 6.02. The second-order valence-corrected chi connectivity index (χ2v) is 4.97. The van der Waals surface area contributed by atoms with Crippen molar-refractivity contribution in [1.29, 1.82) is 0 Å². The first kappa shape index (κ1) is 11.9. The van der Waals surface area contributed by atoms with E-state index in [4.69, 9.17) is 4.84 Å². The molecule has 1 aromatic heterocycles. The van der Waals surface area contributed by atoms with Crippen LogP contribution >= 0.6 is 0 Å². The number of pyridine rings is 1. The second-order valence-electron chi connectivity index (χ2n) is 4.97. The molecule has 4 rings (SSSR count). The summed E-state index contributed by atoms with van der Waals surface area (Å²) >= 11 is 0. The Labute approximate surface area is 122 Å². The fraction of sp³-hybridized carbons (Fsp3) is 0. The lowest BCUT2D eigenvalue weighted by Gasteiger charge is -2.07. The van der Waals surface area contributed by atoms with E-state index < -0.39 is 0 Å². The van der Waals surface area contributed by atoms with E-state index in [9.17, 15) is 0 Å². The molecule has 0 amide bonds. The number of aromatic nitrogens is 1. The molecule has 0 radical (unpaired) electrons. The smallest absolute Gasteiger partial charge is 0.223 e. The standard InChI is InChI=1S/C19H14NO/c1-6-12-20(13-7-1)21-19-14-15-8-2-3-9-16(15)17-10-4-5-11-18(17)19/h1-14H/q+1. The van der Waals surface area contributed by atoms with Gasteiger partial charge in [0.25, 0.3) is 0 Å². The van der Waals surface area contributed by atoms with Crippen LogP contribution in [0.1, 0.15) is 0 Å². The Morgan fingerprint density at radius 2 is 1.29 bits per heavy atom. The molecule has 0 aliphatic carbocycles. The molecule has 2 nitrogen and oxygen atoms in total. The Bertz CT molecular complexity index is 916. The summed E-state index contributed by atoms with van der Waals surface area (Å²) in [4.78, 5) is 6.02. The average Bonchev–Trinajstić information content (AvgIpc) is 2.56. The zero-order chi connectivity index (χ0) is 14.1. The van der Waals surface area contributed by atoms with E-state index in [-0.39, 0.29) is 0 Å². The van der Waals surface area contributed by atoms with E-state index >= 15 is 0 Å². The van der Waals surface area contributed by atoms with Gasteiger partial charge in [-0.05, 0) is 22.2 Å². The molecule has 2 heteroatoms. The van der Waals surface area contributed by atoms with E-state index in [1.165, 1.54) is 16.2 Å². The number of hydrogen-bond acceptors (Lipinski definition) is 1. The van der Waals surface area contributed by atoms with Crippen molar-refractivity contribution in [2.24, 2.45) is 0 Å². The zero-order valence-corrected chi connectivity index (χ0v) is 11.4. The lowest BCUT2D eigenvalue weighted by molar-refractivity contribution is -0.874. The van der Waals surface area contributed by atoms with Gasteiger partial charge < -0.3 is 0 Å². The van der Waals surface area contributed by atoms with Crippen molar-refractivity contribution in [2.75, 3.05) is 0 Å². The summed E-state index contributed by atoms with van der Waals surface area (Å²) in [5.41, 5.74) is 0. The van der Waals surface area contributed by atoms with Crippen LogP contribution in [0.4, 0.5) is 0 Å². The summed E-state index contributed by atoms with van der Waals surface area (Å²) in [6, 6.07) is 24.7. The van der Waals surface area contributed by atoms with Gasteiger partial charge in [-0.2, -0.15) is 0 Å². The van der Waals surface area contributed by atoms with Crippen molar-refractivity contribution in [3.05, 3.63) is 85.2 Å². The van der Waals surface area contributed by atoms with Gasteiger partial charge in [0.15, 0.2) is 0 Å². The molecule has 3 aromatic carbocycles. The van der Waals surface area contributed by atoms with Gasteiger partial charge in [0.2, 0.25) is 18.1 Å². The lowest BCUT2D eigenvalue weighted by Crippen LogP contribution is -2.38. The van der Waals surface area contributed by atoms with Gasteiger partial charge in [-0.15, -0.1) is 0 Å². The first-order valence-corrected chi connectivity index (χ1v) is 6.97. The van der Waals surface area contributed by atoms with Crippen molar-refractivity contribution < 1.29 is 9.57 Å². The second kappa shape index (κ2) is 4.91. The average molecular weight is 272 g/mol. The fourth-order valence-corrected chi connectivity index (χ4v) is 2.65. The Morgan fingerprint density at radius 1 is 0.619 bits per heavy atom. The third-order valence-corrected chi connectivity index (χ3v) is 3.62. The van der Waals surface area contributed by atoms with Gasteiger partial charge in [-0.3, -0.25) is 0 Å². The molecule has 0 saturated carbocycles. The summed E-state index contributed by atoms with van der Waals surface area (Å²) < 4.78 is 1.72. The number of nitrogens with zero attached hydrogens (tertiary/aromatic N) is 1. The molecular formula is C19H14NO+. The summed E-state index contributed by atoms with van der Waals surface area (Å²) in [7, 11) is 0. The van der Waals surface area contributed by atoms with Crippen LogP contribution < -0.4 is 9.57 Å². The summed E-state index contributed by atoms with van der Waals surface area (Å²) in [6.45, 7) is 0. The molecule has 1 heterocycles. The zero-order valence-electron chi connectivity index (χ0n) is 11.4. The predicted molar refractivity (Wildman–Crippen MR) is 84.1 cm³/mol. The Balaban J connectivity index is 1.98. The maximum Gasteiger partial charge on any atom is 0.223 e. The predicted octanol–water partition coefficient (Wildman–Crippen LogP) is 4.12. The molecule has 4 aromatic rings.